The Balaban J connectivity index is 1.68. The number of amides is 1. The van der Waals surface area contributed by atoms with Crippen molar-refractivity contribution in [2.24, 2.45) is 0 Å². The fraction of sp³-hybridized carbons (Fsp3) is 0.179. The molecule has 0 N–H and O–H groups in total. The van der Waals surface area contributed by atoms with Gasteiger partial charge in [0.2, 0.25) is 0 Å². The Hall–Kier alpha value is -4.15. The number of carbonyl (C=O) groups excluding carboxylic acids is 2. The molecule has 0 bridgehead atoms. The molecule has 39 heavy (non-hydrogen) atoms. The summed E-state index contributed by atoms with van der Waals surface area (Å²) < 4.78 is 34.8. The Morgan fingerprint density at radius 1 is 1.05 bits per heavy atom. The largest absolute Gasteiger partial charge is 0.497 e. The van der Waals surface area contributed by atoms with Gasteiger partial charge in [-0.1, -0.05) is 23.7 Å². The first-order valence-corrected chi connectivity index (χ1v) is 12.4. The number of hydrogen-bond donors (Lipinski definition) is 0. The molecule has 1 aliphatic heterocycles. The lowest BCUT2D eigenvalue weighted by molar-refractivity contribution is -0.140. The van der Waals surface area contributed by atoms with Gasteiger partial charge in [0.15, 0.2) is 16.6 Å². The average molecular weight is 571 g/mol. The van der Waals surface area contributed by atoms with Crippen LogP contribution in [0.1, 0.15) is 11.1 Å². The lowest BCUT2D eigenvalue weighted by atomic mass is 10.1. The van der Waals surface area contributed by atoms with Gasteiger partial charge in [0.25, 0.3) is 5.91 Å². The number of methoxy groups -OCH3 is 3. The van der Waals surface area contributed by atoms with Crippen molar-refractivity contribution < 1.29 is 32.9 Å². The summed E-state index contributed by atoms with van der Waals surface area (Å²) in [5, 5.41) is 0.312. The van der Waals surface area contributed by atoms with Crippen LogP contribution >= 0.6 is 23.8 Å². The molecule has 0 atom stereocenters. The summed E-state index contributed by atoms with van der Waals surface area (Å²) in [6, 6.07) is 16.0. The van der Waals surface area contributed by atoms with Crippen molar-refractivity contribution in [3.8, 4) is 17.2 Å². The smallest absolute Gasteiger partial charge is 0.325 e. The molecule has 0 unspecified atom stereocenters. The van der Waals surface area contributed by atoms with Gasteiger partial charge in [0.05, 0.1) is 32.0 Å². The minimum atomic E-state index is -0.579. The molecule has 11 heteroatoms. The molecular formula is C28H24ClFN2O6S. The second-order valence-corrected chi connectivity index (χ2v) is 9.04. The van der Waals surface area contributed by atoms with Crippen LogP contribution in [-0.2, 0) is 20.9 Å². The maximum atomic E-state index is 13.6. The quantitative estimate of drug-likeness (QED) is 0.197. The van der Waals surface area contributed by atoms with Gasteiger partial charge < -0.3 is 23.8 Å². The van der Waals surface area contributed by atoms with Crippen LogP contribution in [0.4, 0.5) is 10.1 Å². The summed E-state index contributed by atoms with van der Waals surface area (Å²) in [6.07, 6.45) is 1.55. The highest BCUT2D eigenvalue weighted by Crippen LogP contribution is 2.38. The molecule has 1 fully saturated rings. The van der Waals surface area contributed by atoms with Gasteiger partial charge in [-0.15, -0.1) is 0 Å². The number of esters is 1. The highest BCUT2D eigenvalue weighted by atomic mass is 35.5. The molecule has 1 aliphatic rings. The fourth-order valence-corrected chi connectivity index (χ4v) is 4.51. The number of ether oxygens (including phenoxy) is 4. The van der Waals surface area contributed by atoms with E-state index < -0.39 is 11.9 Å². The van der Waals surface area contributed by atoms with E-state index in [1.54, 1.807) is 54.6 Å². The van der Waals surface area contributed by atoms with E-state index in [9.17, 15) is 14.0 Å². The topological polar surface area (TPSA) is 77.5 Å². The zero-order chi connectivity index (χ0) is 28.1. The van der Waals surface area contributed by atoms with Crippen molar-refractivity contribution >= 4 is 52.6 Å². The summed E-state index contributed by atoms with van der Waals surface area (Å²) in [7, 11) is 4.24. The van der Waals surface area contributed by atoms with Crippen LogP contribution in [0.3, 0.4) is 0 Å². The van der Waals surface area contributed by atoms with Crippen LogP contribution in [0.2, 0.25) is 5.02 Å². The number of anilines is 1. The maximum Gasteiger partial charge on any atom is 0.325 e. The fourth-order valence-electron chi connectivity index (χ4n) is 3.89. The third-order valence-electron chi connectivity index (χ3n) is 5.81. The predicted molar refractivity (Wildman–Crippen MR) is 149 cm³/mol. The van der Waals surface area contributed by atoms with Gasteiger partial charge in [-0.3, -0.25) is 14.5 Å². The molecule has 0 aliphatic carbocycles. The standard InChI is InChI=1S/C28H24ClFN2O6S/c1-35-21-9-7-20(8-10-21)32-27(34)23(31(28(32)39)15-25(33)37-3)13-18-12-22(29)26(24(14-18)36-2)38-16-17-5-4-6-19(30)11-17/h4-14H,15-16H2,1-3H3/b23-13-. The van der Waals surface area contributed by atoms with Gasteiger partial charge >= 0.3 is 5.97 Å². The summed E-state index contributed by atoms with van der Waals surface area (Å²) >= 11 is 12.1. The van der Waals surface area contributed by atoms with Crippen molar-refractivity contribution in [1.82, 2.24) is 4.90 Å². The number of rotatable bonds is 9. The minimum Gasteiger partial charge on any atom is -0.497 e. The number of halogens is 2. The highest BCUT2D eigenvalue weighted by molar-refractivity contribution is 7.80. The highest BCUT2D eigenvalue weighted by Gasteiger charge is 2.40. The first-order valence-electron chi connectivity index (χ1n) is 11.6. The van der Waals surface area contributed by atoms with Gasteiger partial charge in [-0.2, -0.15) is 0 Å². The summed E-state index contributed by atoms with van der Waals surface area (Å²) in [5.41, 5.74) is 1.74. The van der Waals surface area contributed by atoms with Gasteiger partial charge in [-0.05, 0) is 78.0 Å². The van der Waals surface area contributed by atoms with Crippen LogP contribution < -0.4 is 19.1 Å². The van der Waals surface area contributed by atoms with Crippen molar-refractivity contribution in [2.75, 3.05) is 32.8 Å². The Kier molecular flexibility index (Phi) is 8.68. The van der Waals surface area contributed by atoms with Crippen LogP contribution in [0.25, 0.3) is 6.08 Å². The van der Waals surface area contributed by atoms with Crippen LogP contribution in [-0.4, -0.2) is 49.8 Å². The molecule has 4 rings (SSSR count). The predicted octanol–water partition coefficient (Wildman–Crippen LogP) is 5.22. The second-order valence-electron chi connectivity index (χ2n) is 8.27. The molecule has 0 saturated carbocycles. The molecule has 3 aromatic carbocycles. The van der Waals surface area contributed by atoms with Crippen molar-refractivity contribution in [3.05, 3.63) is 88.3 Å². The van der Waals surface area contributed by atoms with E-state index >= 15 is 0 Å². The maximum absolute atomic E-state index is 13.6. The molecule has 202 valence electrons. The SMILES string of the molecule is COC(=O)CN1C(=S)N(c2ccc(OC)cc2)C(=O)/C1=C/c1cc(Cl)c(OCc2cccc(F)c2)c(OC)c1. The van der Waals surface area contributed by atoms with Crippen LogP contribution in [0, 0.1) is 5.82 Å². The molecular weight excluding hydrogens is 547 g/mol. The third kappa shape index (κ3) is 6.13. The lowest BCUT2D eigenvalue weighted by Gasteiger charge is -2.19. The molecule has 1 saturated heterocycles. The second kappa shape index (κ2) is 12.1. The molecule has 1 amide bonds. The summed E-state index contributed by atoms with van der Waals surface area (Å²) in [4.78, 5) is 28.5. The number of benzene rings is 3. The number of thiocarbonyl (C=S) groups is 1. The van der Waals surface area contributed by atoms with Crippen LogP contribution in [0.5, 0.6) is 17.2 Å². The Labute approximate surface area is 235 Å². The van der Waals surface area contributed by atoms with Crippen molar-refractivity contribution in [2.45, 2.75) is 6.61 Å². The zero-order valence-electron chi connectivity index (χ0n) is 21.3. The number of nitrogens with zero attached hydrogens (tertiary/aromatic N) is 2. The molecule has 0 spiro atoms. The van der Waals surface area contributed by atoms with E-state index in [2.05, 4.69) is 0 Å². The van der Waals surface area contributed by atoms with Crippen molar-refractivity contribution in [3.63, 3.8) is 0 Å². The molecule has 0 radical (unpaired) electrons. The van der Waals surface area contributed by atoms with Gasteiger partial charge in [-0.25, -0.2) is 4.39 Å². The van der Waals surface area contributed by atoms with E-state index in [4.69, 9.17) is 42.8 Å². The molecule has 8 nitrogen and oxygen atoms in total. The first kappa shape index (κ1) is 27.9. The lowest BCUT2D eigenvalue weighted by Crippen LogP contribution is -2.35. The average Bonchev–Trinajstić information content (AvgIpc) is 3.15. The summed E-state index contributed by atoms with van der Waals surface area (Å²) in [5.74, 6) is -0.245. The van der Waals surface area contributed by atoms with E-state index in [1.807, 2.05) is 0 Å². The monoisotopic (exact) mass is 570 g/mol. The normalized spacial score (nSPS) is 14.1. The zero-order valence-corrected chi connectivity index (χ0v) is 22.8. The number of carbonyl (C=O) groups is 2. The Morgan fingerprint density at radius 3 is 2.44 bits per heavy atom. The van der Waals surface area contributed by atoms with Gasteiger partial charge in [0.1, 0.15) is 30.4 Å². The molecule has 1 heterocycles. The van der Waals surface area contributed by atoms with Crippen molar-refractivity contribution in [1.29, 1.82) is 0 Å². The van der Waals surface area contributed by atoms with E-state index in [-0.39, 0.29) is 40.6 Å². The minimum absolute atomic E-state index is 0.0603. The molecule has 0 aromatic heterocycles. The van der Waals surface area contributed by atoms with E-state index in [0.29, 0.717) is 28.3 Å². The van der Waals surface area contributed by atoms with Crippen LogP contribution in [0.15, 0.2) is 66.4 Å². The number of hydrogen-bond acceptors (Lipinski definition) is 7. The Bertz CT molecular complexity index is 1450. The van der Waals surface area contributed by atoms with E-state index in [0.717, 1.165) is 0 Å². The molecule has 3 aromatic rings. The van der Waals surface area contributed by atoms with Gasteiger partial charge in [0, 0.05) is 0 Å². The first-order chi connectivity index (χ1) is 18.7. The third-order valence-corrected chi connectivity index (χ3v) is 6.49. The Morgan fingerprint density at radius 2 is 1.79 bits per heavy atom. The summed E-state index contributed by atoms with van der Waals surface area (Å²) in [6.45, 7) is -0.218. The van der Waals surface area contributed by atoms with E-state index in [1.165, 1.54) is 43.3 Å².